The van der Waals surface area contributed by atoms with Crippen molar-refractivity contribution >= 4 is 16.8 Å². The average Bonchev–Trinajstić information content (AvgIpc) is 2.97. The van der Waals surface area contributed by atoms with Gasteiger partial charge >= 0.3 is 0 Å². The van der Waals surface area contributed by atoms with Crippen LogP contribution in [0.15, 0.2) is 24.3 Å². The summed E-state index contributed by atoms with van der Waals surface area (Å²) in [6, 6.07) is 8.52. The van der Waals surface area contributed by atoms with Crippen LogP contribution in [0.25, 0.3) is 10.9 Å². The molecule has 1 aromatic carbocycles. The van der Waals surface area contributed by atoms with Gasteiger partial charge in [0.15, 0.2) is 5.69 Å². The monoisotopic (exact) mass is 330 g/mol. The summed E-state index contributed by atoms with van der Waals surface area (Å²) in [6.07, 6.45) is 2.66. The van der Waals surface area contributed by atoms with Crippen LogP contribution in [0.5, 0.6) is 0 Å². The summed E-state index contributed by atoms with van der Waals surface area (Å²) in [5.41, 5.74) is 1.49. The zero-order valence-electron chi connectivity index (χ0n) is 14.3. The molecular weight excluding hydrogens is 304 g/mol. The van der Waals surface area contributed by atoms with E-state index in [-0.39, 0.29) is 24.6 Å². The lowest BCUT2D eigenvalue weighted by Crippen LogP contribution is -2.49. The van der Waals surface area contributed by atoms with Gasteiger partial charge in [-0.3, -0.25) is 9.48 Å². The van der Waals surface area contributed by atoms with E-state index >= 15 is 0 Å². The number of rotatable bonds is 5. The fraction of sp³-hybridized carbons (Fsp3) is 0.556. The van der Waals surface area contributed by atoms with Gasteiger partial charge in [0.1, 0.15) is 0 Å². The highest BCUT2D eigenvalue weighted by molar-refractivity contribution is 6.05. The molecule has 3 rings (SSSR count). The Balaban J connectivity index is 1.73. The molecule has 6 nitrogen and oxygen atoms in total. The first-order valence-corrected chi connectivity index (χ1v) is 8.72. The van der Waals surface area contributed by atoms with Gasteiger partial charge in [0, 0.05) is 36.7 Å². The maximum Gasteiger partial charge on any atom is 0.272 e. The van der Waals surface area contributed by atoms with E-state index in [2.05, 4.69) is 29.6 Å². The Kier molecular flexibility index (Phi) is 5.16. The number of piperidine rings is 1. The van der Waals surface area contributed by atoms with Gasteiger partial charge in [0.25, 0.3) is 5.91 Å². The smallest absolute Gasteiger partial charge is 0.272 e. The summed E-state index contributed by atoms with van der Waals surface area (Å²) in [5, 5.41) is 20.9. The molecular formula is C18H26N4O2. The minimum absolute atomic E-state index is 0.107. The van der Waals surface area contributed by atoms with Crippen molar-refractivity contribution in [2.75, 3.05) is 13.2 Å². The van der Waals surface area contributed by atoms with Crippen LogP contribution < -0.4 is 10.6 Å². The molecule has 0 aliphatic carbocycles. The van der Waals surface area contributed by atoms with E-state index in [1.807, 2.05) is 28.9 Å². The summed E-state index contributed by atoms with van der Waals surface area (Å²) in [5.74, 6) is -0.113. The highest BCUT2D eigenvalue weighted by atomic mass is 16.3. The summed E-state index contributed by atoms with van der Waals surface area (Å²) < 4.78 is 1.90. The topological polar surface area (TPSA) is 79.2 Å². The predicted molar refractivity (Wildman–Crippen MR) is 94.1 cm³/mol. The number of amides is 1. The number of aliphatic hydroxyl groups excluding tert-OH is 1. The number of aromatic nitrogens is 2. The van der Waals surface area contributed by atoms with Crippen LogP contribution in [-0.4, -0.2) is 46.0 Å². The molecule has 0 spiro atoms. The van der Waals surface area contributed by atoms with Crippen LogP contribution in [0, 0.1) is 0 Å². The molecule has 3 N–H and O–H groups in total. The van der Waals surface area contributed by atoms with Crippen molar-refractivity contribution < 1.29 is 9.90 Å². The molecule has 2 aromatic rings. The second-order valence-corrected chi connectivity index (χ2v) is 6.77. The van der Waals surface area contributed by atoms with Crippen molar-refractivity contribution in [2.45, 2.75) is 51.2 Å². The molecule has 0 saturated carbocycles. The Morgan fingerprint density at radius 2 is 2.21 bits per heavy atom. The molecule has 1 saturated heterocycles. The lowest BCUT2D eigenvalue weighted by atomic mass is 9.98. The van der Waals surface area contributed by atoms with E-state index in [1.54, 1.807) is 0 Å². The highest BCUT2D eigenvalue weighted by Crippen LogP contribution is 2.22. The highest BCUT2D eigenvalue weighted by Gasteiger charge is 2.24. The molecule has 2 unspecified atom stereocenters. The van der Waals surface area contributed by atoms with Crippen LogP contribution in [0.3, 0.4) is 0 Å². The van der Waals surface area contributed by atoms with Crippen LogP contribution in [0.2, 0.25) is 0 Å². The minimum Gasteiger partial charge on any atom is -0.396 e. The molecule has 2 heterocycles. The SMILES string of the molecule is CC(C)n1nc(C(=O)NC2CCC(CCO)NC2)c2ccccc21. The van der Waals surface area contributed by atoms with Crippen molar-refractivity contribution in [2.24, 2.45) is 0 Å². The largest absolute Gasteiger partial charge is 0.396 e. The molecule has 1 aliphatic heterocycles. The molecule has 0 bridgehead atoms. The number of fused-ring (bicyclic) bond motifs is 1. The second-order valence-electron chi connectivity index (χ2n) is 6.77. The number of hydrogen-bond acceptors (Lipinski definition) is 4. The Labute approximate surface area is 142 Å². The standard InChI is InChI=1S/C18H26N4O2/c1-12(2)22-16-6-4-3-5-15(16)17(21-22)18(24)20-14-8-7-13(9-10-23)19-11-14/h3-6,12-14,19,23H,7-11H2,1-2H3,(H,20,24). The average molecular weight is 330 g/mol. The van der Waals surface area contributed by atoms with Crippen LogP contribution >= 0.6 is 0 Å². The van der Waals surface area contributed by atoms with Crippen molar-refractivity contribution in [3.63, 3.8) is 0 Å². The Hall–Kier alpha value is -1.92. The fourth-order valence-electron chi connectivity index (χ4n) is 3.35. The Bertz CT molecular complexity index is 702. The predicted octanol–water partition coefficient (Wildman–Crippen LogP) is 1.85. The van der Waals surface area contributed by atoms with Crippen molar-refractivity contribution in [3.8, 4) is 0 Å². The van der Waals surface area contributed by atoms with E-state index in [4.69, 9.17) is 5.11 Å². The maximum absolute atomic E-state index is 12.7. The van der Waals surface area contributed by atoms with E-state index in [0.717, 1.165) is 36.7 Å². The molecule has 1 fully saturated rings. The second kappa shape index (κ2) is 7.32. The fourth-order valence-corrected chi connectivity index (χ4v) is 3.35. The van der Waals surface area contributed by atoms with E-state index < -0.39 is 0 Å². The summed E-state index contributed by atoms with van der Waals surface area (Å²) in [6.45, 7) is 5.06. The zero-order valence-corrected chi connectivity index (χ0v) is 14.3. The van der Waals surface area contributed by atoms with E-state index in [0.29, 0.717) is 11.7 Å². The number of benzene rings is 1. The third-order valence-electron chi connectivity index (χ3n) is 4.65. The number of para-hydroxylation sites is 1. The molecule has 1 aliphatic rings. The number of carbonyl (C=O) groups is 1. The number of carbonyl (C=O) groups excluding carboxylic acids is 1. The quantitative estimate of drug-likeness (QED) is 0.782. The Morgan fingerprint density at radius 1 is 1.42 bits per heavy atom. The van der Waals surface area contributed by atoms with Gasteiger partial charge in [-0.25, -0.2) is 0 Å². The van der Waals surface area contributed by atoms with Gasteiger partial charge in [-0.15, -0.1) is 0 Å². The molecule has 2 atom stereocenters. The number of nitrogens with zero attached hydrogens (tertiary/aromatic N) is 2. The van der Waals surface area contributed by atoms with Gasteiger partial charge < -0.3 is 15.7 Å². The van der Waals surface area contributed by atoms with Gasteiger partial charge in [0.2, 0.25) is 0 Å². The third-order valence-corrected chi connectivity index (χ3v) is 4.65. The first kappa shape index (κ1) is 16.9. The van der Waals surface area contributed by atoms with Gasteiger partial charge in [-0.05, 0) is 39.2 Å². The lowest BCUT2D eigenvalue weighted by Gasteiger charge is -2.30. The summed E-state index contributed by atoms with van der Waals surface area (Å²) in [4.78, 5) is 12.7. The van der Waals surface area contributed by atoms with E-state index in [1.165, 1.54) is 0 Å². The number of hydrogen-bond donors (Lipinski definition) is 3. The third kappa shape index (κ3) is 3.44. The molecule has 130 valence electrons. The Morgan fingerprint density at radius 3 is 2.88 bits per heavy atom. The van der Waals surface area contributed by atoms with Crippen molar-refractivity contribution in [3.05, 3.63) is 30.0 Å². The minimum atomic E-state index is -0.113. The normalized spacial score (nSPS) is 21.3. The van der Waals surface area contributed by atoms with Gasteiger partial charge in [-0.2, -0.15) is 5.10 Å². The first-order chi connectivity index (χ1) is 11.6. The van der Waals surface area contributed by atoms with Crippen LogP contribution in [0.4, 0.5) is 0 Å². The molecule has 24 heavy (non-hydrogen) atoms. The zero-order chi connectivity index (χ0) is 17.1. The van der Waals surface area contributed by atoms with Crippen LogP contribution in [0.1, 0.15) is 49.6 Å². The van der Waals surface area contributed by atoms with Crippen LogP contribution in [-0.2, 0) is 0 Å². The van der Waals surface area contributed by atoms with Gasteiger partial charge in [0.05, 0.1) is 5.52 Å². The van der Waals surface area contributed by atoms with Crippen molar-refractivity contribution in [1.82, 2.24) is 20.4 Å². The molecule has 1 aromatic heterocycles. The molecule has 0 radical (unpaired) electrons. The molecule has 1 amide bonds. The van der Waals surface area contributed by atoms with Gasteiger partial charge in [-0.1, -0.05) is 18.2 Å². The lowest BCUT2D eigenvalue weighted by molar-refractivity contribution is 0.0920. The number of nitrogens with one attached hydrogen (secondary N) is 2. The summed E-state index contributed by atoms with van der Waals surface area (Å²) in [7, 11) is 0. The molecule has 6 heteroatoms. The first-order valence-electron chi connectivity index (χ1n) is 8.72. The number of aliphatic hydroxyl groups is 1. The maximum atomic E-state index is 12.7. The summed E-state index contributed by atoms with van der Waals surface area (Å²) >= 11 is 0. The van der Waals surface area contributed by atoms with E-state index in [9.17, 15) is 4.79 Å². The van der Waals surface area contributed by atoms with Crippen molar-refractivity contribution in [1.29, 1.82) is 0 Å².